The number of aromatic nitrogens is 4. The molecule has 2 heterocycles. The molecule has 9 heteroatoms. The molecular formula is C17H20N6O2S. The quantitative estimate of drug-likeness (QED) is 0.457. The van der Waals surface area contributed by atoms with Crippen LogP contribution in [0.15, 0.2) is 44.4 Å². The Labute approximate surface area is 154 Å². The Morgan fingerprint density at radius 1 is 1.42 bits per heavy atom. The molecule has 0 bridgehead atoms. The van der Waals surface area contributed by atoms with E-state index < -0.39 is 0 Å². The zero-order chi connectivity index (χ0) is 18.8. The summed E-state index contributed by atoms with van der Waals surface area (Å²) >= 11 is 1.33. The molecule has 0 spiro atoms. The Bertz CT molecular complexity index is 1010. The average molecular weight is 372 g/mol. The molecule has 136 valence electrons. The van der Waals surface area contributed by atoms with Crippen molar-refractivity contribution in [3.05, 3.63) is 51.1 Å². The molecule has 1 saturated carbocycles. The highest BCUT2D eigenvalue weighted by molar-refractivity contribution is 8.13. The van der Waals surface area contributed by atoms with Gasteiger partial charge >= 0.3 is 0 Å². The van der Waals surface area contributed by atoms with Gasteiger partial charge < -0.3 is 0 Å². The molecule has 0 aromatic carbocycles. The van der Waals surface area contributed by atoms with Crippen molar-refractivity contribution in [1.82, 2.24) is 19.1 Å². The minimum atomic E-state index is -0.195. The molecule has 0 N–H and O–H groups in total. The van der Waals surface area contributed by atoms with Gasteiger partial charge in [0, 0.05) is 6.07 Å². The normalized spacial score (nSPS) is 14.5. The number of allylic oxidation sites excluding steroid dienone is 1. The summed E-state index contributed by atoms with van der Waals surface area (Å²) in [6, 6.07) is 3.19. The van der Waals surface area contributed by atoms with Gasteiger partial charge in [-0.25, -0.2) is 24.0 Å². The summed E-state index contributed by atoms with van der Waals surface area (Å²) in [4.78, 5) is 33.1. The zero-order valence-corrected chi connectivity index (χ0v) is 15.6. The van der Waals surface area contributed by atoms with Crippen molar-refractivity contribution >= 4 is 29.5 Å². The number of nitrogens with zero attached hydrogens (tertiary/aromatic N) is 6. The lowest BCUT2D eigenvalue weighted by atomic mass is 10.3. The number of aliphatic imine (C=N–C) groups is 2. The number of amidine groups is 1. The highest BCUT2D eigenvalue weighted by Gasteiger charge is 2.27. The van der Waals surface area contributed by atoms with Gasteiger partial charge in [0.25, 0.3) is 11.1 Å². The van der Waals surface area contributed by atoms with E-state index in [4.69, 9.17) is 0 Å². The molecule has 0 saturated heterocycles. The molecule has 0 radical (unpaired) electrons. The summed E-state index contributed by atoms with van der Waals surface area (Å²) in [6.45, 7) is 9.22. The zero-order valence-electron chi connectivity index (χ0n) is 14.8. The number of hydrogen-bond acceptors (Lipinski definition) is 5. The van der Waals surface area contributed by atoms with Crippen molar-refractivity contribution in [2.75, 3.05) is 6.26 Å². The lowest BCUT2D eigenvalue weighted by molar-refractivity contribution is 0.543. The first kappa shape index (κ1) is 18.1. The van der Waals surface area contributed by atoms with Gasteiger partial charge in [0.2, 0.25) is 0 Å². The van der Waals surface area contributed by atoms with E-state index in [0.717, 1.165) is 12.8 Å². The van der Waals surface area contributed by atoms with Crippen LogP contribution in [-0.2, 0) is 6.54 Å². The van der Waals surface area contributed by atoms with Crippen molar-refractivity contribution < 1.29 is 0 Å². The van der Waals surface area contributed by atoms with Crippen LogP contribution in [0.3, 0.4) is 0 Å². The summed E-state index contributed by atoms with van der Waals surface area (Å²) in [5, 5.41) is 4.91. The largest absolute Gasteiger partial charge is 0.272 e. The maximum Gasteiger partial charge on any atom is 0.272 e. The molecule has 1 fully saturated rings. The van der Waals surface area contributed by atoms with Gasteiger partial charge in [0.1, 0.15) is 0 Å². The number of rotatable bonds is 5. The summed E-state index contributed by atoms with van der Waals surface area (Å²) in [6.07, 6.45) is 5.33. The lowest BCUT2D eigenvalue weighted by Gasteiger charge is -2.13. The standard InChI is InChI=1S/C17H20N6O2S/c1-5-10-21-16(25)11(2)15(19-17(18-3)26-4)23(21)13-8-9-14(24)22(20-13)12-6-7-12/h5,8-9,12H,1,3,6-7,10H2,2,4H3. The molecule has 26 heavy (non-hydrogen) atoms. The van der Waals surface area contributed by atoms with Gasteiger partial charge in [-0.05, 0) is 38.8 Å². The van der Waals surface area contributed by atoms with Gasteiger partial charge in [-0.2, -0.15) is 0 Å². The first-order valence-electron chi connectivity index (χ1n) is 8.14. The number of thioether (sulfide) groups is 1. The predicted octanol–water partition coefficient (Wildman–Crippen LogP) is 2.08. The molecule has 0 amide bonds. The summed E-state index contributed by atoms with van der Waals surface area (Å²) < 4.78 is 4.58. The highest BCUT2D eigenvalue weighted by atomic mass is 32.2. The molecule has 0 aliphatic heterocycles. The van der Waals surface area contributed by atoms with Crippen LogP contribution >= 0.6 is 11.8 Å². The van der Waals surface area contributed by atoms with E-state index in [0.29, 0.717) is 22.4 Å². The van der Waals surface area contributed by atoms with Gasteiger partial charge in [-0.15, -0.1) is 11.7 Å². The second-order valence-electron chi connectivity index (χ2n) is 5.90. The minimum Gasteiger partial charge on any atom is -0.268 e. The SMILES string of the molecule is C=CCn1c(=O)c(C)c(N=C(N=C)SC)n1-c1ccc(=O)n(C2CC2)n1. The molecule has 3 rings (SSSR count). The van der Waals surface area contributed by atoms with E-state index in [1.54, 1.807) is 23.7 Å². The van der Waals surface area contributed by atoms with Crippen LogP contribution in [0.2, 0.25) is 0 Å². The second kappa shape index (κ2) is 7.28. The van der Waals surface area contributed by atoms with Gasteiger partial charge in [-0.1, -0.05) is 17.8 Å². The van der Waals surface area contributed by atoms with Crippen molar-refractivity contribution in [3.8, 4) is 5.82 Å². The number of hydrogen-bond donors (Lipinski definition) is 0. The first-order chi connectivity index (χ1) is 12.5. The van der Waals surface area contributed by atoms with Crippen molar-refractivity contribution in [1.29, 1.82) is 0 Å². The Hall–Kier alpha value is -2.68. The maximum absolute atomic E-state index is 12.7. The van der Waals surface area contributed by atoms with Crippen LogP contribution in [0, 0.1) is 6.92 Å². The van der Waals surface area contributed by atoms with Crippen molar-refractivity contribution in [2.45, 2.75) is 32.4 Å². The molecule has 8 nitrogen and oxygen atoms in total. The molecule has 0 atom stereocenters. The lowest BCUT2D eigenvalue weighted by Crippen LogP contribution is -2.26. The third-order valence-electron chi connectivity index (χ3n) is 4.07. The van der Waals surface area contributed by atoms with Crippen LogP contribution < -0.4 is 11.1 Å². The predicted molar refractivity (Wildman–Crippen MR) is 105 cm³/mol. The van der Waals surface area contributed by atoms with E-state index in [9.17, 15) is 9.59 Å². The summed E-state index contributed by atoms with van der Waals surface area (Å²) in [5.74, 6) is 0.869. The summed E-state index contributed by atoms with van der Waals surface area (Å²) in [5.41, 5.74) is 0.118. The van der Waals surface area contributed by atoms with Crippen LogP contribution in [0.1, 0.15) is 24.4 Å². The molecule has 1 aliphatic carbocycles. The second-order valence-corrected chi connectivity index (χ2v) is 6.67. The van der Waals surface area contributed by atoms with Crippen LogP contribution in [0.5, 0.6) is 0 Å². The van der Waals surface area contributed by atoms with Gasteiger partial charge in [-0.3, -0.25) is 9.59 Å². The Morgan fingerprint density at radius 3 is 2.73 bits per heavy atom. The fourth-order valence-electron chi connectivity index (χ4n) is 2.65. The summed E-state index contributed by atoms with van der Waals surface area (Å²) in [7, 11) is 0. The molecular weight excluding hydrogens is 352 g/mol. The molecule has 0 unspecified atom stereocenters. The average Bonchev–Trinajstić information content (AvgIpc) is 3.45. The first-order valence-corrected chi connectivity index (χ1v) is 9.37. The Balaban J connectivity index is 2.29. The molecule has 2 aromatic rings. The smallest absolute Gasteiger partial charge is 0.268 e. The van der Waals surface area contributed by atoms with Gasteiger partial charge in [0.05, 0.1) is 18.2 Å². The van der Waals surface area contributed by atoms with E-state index in [1.807, 2.05) is 6.26 Å². The van der Waals surface area contributed by atoms with Crippen LogP contribution in [-0.4, -0.2) is 37.3 Å². The fraction of sp³-hybridized carbons (Fsp3) is 0.353. The third kappa shape index (κ3) is 3.22. The molecule has 1 aliphatic rings. The minimum absolute atomic E-state index is 0.127. The monoisotopic (exact) mass is 372 g/mol. The van der Waals surface area contributed by atoms with E-state index in [-0.39, 0.29) is 23.7 Å². The molecule has 2 aromatic heterocycles. The van der Waals surface area contributed by atoms with Crippen molar-refractivity contribution in [3.63, 3.8) is 0 Å². The van der Waals surface area contributed by atoms with E-state index in [2.05, 4.69) is 28.4 Å². The highest BCUT2D eigenvalue weighted by Crippen LogP contribution is 2.33. The van der Waals surface area contributed by atoms with E-state index in [1.165, 1.54) is 27.2 Å². The van der Waals surface area contributed by atoms with Gasteiger partial charge in [0.15, 0.2) is 16.8 Å². The van der Waals surface area contributed by atoms with Crippen molar-refractivity contribution in [2.24, 2.45) is 9.98 Å². The van der Waals surface area contributed by atoms with Crippen LogP contribution in [0.4, 0.5) is 5.82 Å². The topological polar surface area (TPSA) is 86.5 Å². The van der Waals surface area contributed by atoms with Crippen LogP contribution in [0.25, 0.3) is 5.82 Å². The third-order valence-corrected chi connectivity index (χ3v) is 4.66. The Morgan fingerprint density at radius 2 is 2.15 bits per heavy atom. The maximum atomic E-state index is 12.7. The fourth-order valence-corrected chi connectivity index (χ4v) is 2.96. The van der Waals surface area contributed by atoms with E-state index >= 15 is 0 Å². The Kier molecular flexibility index (Phi) is 5.08.